The third kappa shape index (κ3) is 3.22. The quantitative estimate of drug-likeness (QED) is 0.836. The van der Waals surface area contributed by atoms with Crippen molar-refractivity contribution in [3.63, 3.8) is 0 Å². The minimum atomic E-state index is 0.237. The molecular weight excluding hydrogens is 248 g/mol. The first kappa shape index (κ1) is 14.1. The van der Waals surface area contributed by atoms with Crippen LogP contribution < -0.4 is 5.32 Å². The molecule has 3 rings (SSSR count). The molecule has 0 radical (unpaired) electrons. The van der Waals surface area contributed by atoms with Gasteiger partial charge in [-0.1, -0.05) is 30.3 Å². The molecule has 0 aromatic heterocycles. The third-order valence-corrected chi connectivity index (χ3v) is 4.70. The molecule has 3 nitrogen and oxygen atoms in total. The van der Waals surface area contributed by atoms with Crippen LogP contribution in [0.4, 0.5) is 0 Å². The molecule has 2 fully saturated rings. The summed E-state index contributed by atoms with van der Waals surface area (Å²) in [5.74, 6) is 0. The van der Waals surface area contributed by atoms with Crippen LogP contribution in [0.15, 0.2) is 30.3 Å². The van der Waals surface area contributed by atoms with Gasteiger partial charge in [-0.05, 0) is 38.2 Å². The highest BCUT2D eigenvalue weighted by Gasteiger charge is 2.39. The summed E-state index contributed by atoms with van der Waals surface area (Å²) in [4.78, 5) is 2.67. The zero-order valence-corrected chi connectivity index (χ0v) is 12.3. The lowest BCUT2D eigenvalue weighted by atomic mass is 10.0. The van der Waals surface area contributed by atoms with Crippen molar-refractivity contribution in [3.8, 4) is 0 Å². The van der Waals surface area contributed by atoms with Crippen LogP contribution in [0.2, 0.25) is 0 Å². The Hall–Kier alpha value is -0.900. The number of benzene rings is 1. The molecule has 1 heterocycles. The lowest BCUT2D eigenvalue weighted by Crippen LogP contribution is -2.36. The zero-order chi connectivity index (χ0) is 13.9. The molecule has 0 bridgehead atoms. The average molecular weight is 274 g/mol. The van der Waals surface area contributed by atoms with E-state index in [9.17, 15) is 5.11 Å². The van der Waals surface area contributed by atoms with Gasteiger partial charge in [0.25, 0.3) is 0 Å². The minimum Gasteiger partial charge on any atom is -0.396 e. The Morgan fingerprint density at radius 2 is 2.05 bits per heavy atom. The van der Waals surface area contributed by atoms with Crippen molar-refractivity contribution in [1.29, 1.82) is 0 Å². The Kier molecular flexibility index (Phi) is 4.39. The second-order valence-corrected chi connectivity index (χ2v) is 6.35. The molecule has 0 amide bonds. The van der Waals surface area contributed by atoms with Gasteiger partial charge in [-0.15, -0.1) is 0 Å². The molecule has 2 unspecified atom stereocenters. The van der Waals surface area contributed by atoms with Crippen molar-refractivity contribution in [2.24, 2.45) is 0 Å². The number of nitrogens with one attached hydrogen (secondary N) is 1. The fourth-order valence-electron chi connectivity index (χ4n) is 3.54. The highest BCUT2D eigenvalue weighted by atomic mass is 16.3. The molecule has 3 atom stereocenters. The second-order valence-electron chi connectivity index (χ2n) is 6.35. The fraction of sp³-hybridized carbons (Fsp3) is 0.647. The standard InChI is InChI=1S/C17H26N2O/c1-13-11-15(12-19(13)16-7-8-16)18-17(9-10-20)14-5-3-2-4-6-14/h2-6,13,15-18,20H,7-12H2,1H3/t13?,15?,17-/m1/s1. The molecule has 20 heavy (non-hydrogen) atoms. The summed E-state index contributed by atoms with van der Waals surface area (Å²) in [6, 6.07) is 12.9. The third-order valence-electron chi connectivity index (χ3n) is 4.70. The lowest BCUT2D eigenvalue weighted by Gasteiger charge is -2.23. The summed E-state index contributed by atoms with van der Waals surface area (Å²) in [5, 5.41) is 13.1. The number of hydrogen-bond donors (Lipinski definition) is 2. The van der Waals surface area contributed by atoms with E-state index < -0.39 is 0 Å². The van der Waals surface area contributed by atoms with Crippen molar-refractivity contribution in [3.05, 3.63) is 35.9 Å². The van der Waals surface area contributed by atoms with E-state index in [0.29, 0.717) is 12.1 Å². The SMILES string of the molecule is CC1CC(N[C@H](CCO)c2ccccc2)CN1C1CC1. The lowest BCUT2D eigenvalue weighted by molar-refractivity contribution is 0.245. The Morgan fingerprint density at radius 3 is 2.70 bits per heavy atom. The summed E-state index contributed by atoms with van der Waals surface area (Å²) in [5.41, 5.74) is 1.29. The van der Waals surface area contributed by atoms with Gasteiger partial charge in [-0.3, -0.25) is 4.90 Å². The molecule has 1 aliphatic heterocycles. The topological polar surface area (TPSA) is 35.5 Å². The maximum atomic E-state index is 9.32. The smallest absolute Gasteiger partial charge is 0.0449 e. The minimum absolute atomic E-state index is 0.237. The van der Waals surface area contributed by atoms with Crippen LogP contribution in [-0.4, -0.2) is 41.3 Å². The van der Waals surface area contributed by atoms with Crippen molar-refractivity contribution in [2.45, 2.75) is 56.8 Å². The van der Waals surface area contributed by atoms with E-state index in [2.05, 4.69) is 41.4 Å². The van der Waals surface area contributed by atoms with E-state index in [0.717, 1.165) is 12.5 Å². The molecule has 2 N–H and O–H groups in total. The van der Waals surface area contributed by atoms with Crippen molar-refractivity contribution < 1.29 is 5.11 Å². The molecule has 110 valence electrons. The highest BCUT2D eigenvalue weighted by Crippen LogP contribution is 2.34. The normalized spacial score (nSPS) is 28.7. The molecule has 1 aromatic carbocycles. The molecule has 1 saturated heterocycles. The number of hydrogen-bond acceptors (Lipinski definition) is 3. The van der Waals surface area contributed by atoms with Gasteiger partial charge in [0.15, 0.2) is 0 Å². The Labute approximate surface area is 122 Å². The number of aliphatic hydroxyl groups is 1. The van der Waals surface area contributed by atoms with Crippen molar-refractivity contribution in [2.75, 3.05) is 13.2 Å². The maximum absolute atomic E-state index is 9.32. The van der Waals surface area contributed by atoms with Crippen LogP contribution in [0.1, 0.15) is 44.2 Å². The van der Waals surface area contributed by atoms with Gasteiger partial charge < -0.3 is 10.4 Å². The first-order chi connectivity index (χ1) is 9.78. The average Bonchev–Trinajstić information content (AvgIpc) is 3.24. The molecule has 2 aliphatic rings. The fourth-order valence-corrected chi connectivity index (χ4v) is 3.54. The van der Waals surface area contributed by atoms with Crippen LogP contribution in [-0.2, 0) is 0 Å². The molecule has 3 heteroatoms. The molecule has 1 aromatic rings. The van der Waals surface area contributed by atoms with Gasteiger partial charge >= 0.3 is 0 Å². The van der Waals surface area contributed by atoms with E-state index in [1.165, 1.54) is 31.4 Å². The molecule has 0 spiro atoms. The summed E-state index contributed by atoms with van der Waals surface area (Å²) < 4.78 is 0. The van der Waals surface area contributed by atoms with E-state index in [-0.39, 0.29) is 12.6 Å². The summed E-state index contributed by atoms with van der Waals surface area (Å²) >= 11 is 0. The van der Waals surface area contributed by atoms with E-state index in [1.54, 1.807) is 0 Å². The van der Waals surface area contributed by atoms with Crippen LogP contribution in [0.25, 0.3) is 0 Å². The number of rotatable bonds is 6. The van der Waals surface area contributed by atoms with Crippen LogP contribution in [0.3, 0.4) is 0 Å². The van der Waals surface area contributed by atoms with Crippen LogP contribution >= 0.6 is 0 Å². The largest absolute Gasteiger partial charge is 0.396 e. The van der Waals surface area contributed by atoms with Crippen molar-refractivity contribution >= 4 is 0 Å². The van der Waals surface area contributed by atoms with Crippen molar-refractivity contribution in [1.82, 2.24) is 10.2 Å². The molecule has 1 aliphatic carbocycles. The van der Waals surface area contributed by atoms with E-state index in [4.69, 9.17) is 0 Å². The number of likely N-dealkylation sites (tertiary alicyclic amines) is 1. The number of nitrogens with zero attached hydrogens (tertiary/aromatic N) is 1. The van der Waals surface area contributed by atoms with Gasteiger partial charge in [-0.2, -0.15) is 0 Å². The summed E-state index contributed by atoms with van der Waals surface area (Å²) in [7, 11) is 0. The van der Waals surface area contributed by atoms with Gasteiger partial charge in [0.2, 0.25) is 0 Å². The maximum Gasteiger partial charge on any atom is 0.0449 e. The van der Waals surface area contributed by atoms with Gasteiger partial charge in [0.1, 0.15) is 0 Å². The highest BCUT2D eigenvalue weighted by molar-refractivity contribution is 5.19. The molecule has 1 saturated carbocycles. The Bertz CT molecular complexity index is 418. The zero-order valence-electron chi connectivity index (χ0n) is 12.3. The van der Waals surface area contributed by atoms with Gasteiger partial charge in [-0.25, -0.2) is 0 Å². The van der Waals surface area contributed by atoms with Gasteiger partial charge in [0, 0.05) is 37.3 Å². The first-order valence-electron chi connectivity index (χ1n) is 7.95. The predicted octanol–water partition coefficient (Wildman–Crippen LogP) is 2.32. The summed E-state index contributed by atoms with van der Waals surface area (Å²) in [6.45, 7) is 3.76. The Balaban J connectivity index is 1.62. The van der Waals surface area contributed by atoms with E-state index >= 15 is 0 Å². The monoisotopic (exact) mass is 274 g/mol. The van der Waals surface area contributed by atoms with E-state index in [1.807, 2.05) is 6.07 Å². The molecular formula is C17H26N2O. The number of aliphatic hydroxyl groups excluding tert-OH is 1. The first-order valence-corrected chi connectivity index (χ1v) is 7.95. The van der Waals surface area contributed by atoms with Gasteiger partial charge in [0.05, 0.1) is 0 Å². The Morgan fingerprint density at radius 1 is 1.30 bits per heavy atom. The second kappa shape index (κ2) is 6.25. The van der Waals surface area contributed by atoms with Crippen LogP contribution in [0, 0.1) is 0 Å². The van der Waals surface area contributed by atoms with Crippen LogP contribution in [0.5, 0.6) is 0 Å². The summed E-state index contributed by atoms with van der Waals surface area (Å²) in [6.07, 6.45) is 4.79. The predicted molar refractivity (Wildman–Crippen MR) is 81.6 cm³/mol.